The molecule has 1 aromatic carbocycles. The first-order chi connectivity index (χ1) is 10.3. The monoisotopic (exact) mass is 318 g/mol. The van der Waals surface area contributed by atoms with Gasteiger partial charge in [0.25, 0.3) is 0 Å². The van der Waals surface area contributed by atoms with Crippen LogP contribution >= 0.6 is 23.5 Å². The normalized spacial score (nSPS) is 10.3. The Bertz CT molecular complexity index is 534. The van der Waals surface area contributed by atoms with Crippen molar-refractivity contribution in [1.82, 2.24) is 10.3 Å². The van der Waals surface area contributed by atoms with Gasteiger partial charge in [-0.25, -0.2) is 4.98 Å². The largest absolute Gasteiger partial charge is 0.355 e. The van der Waals surface area contributed by atoms with E-state index in [0.717, 1.165) is 16.5 Å². The van der Waals surface area contributed by atoms with Crippen molar-refractivity contribution in [3.05, 3.63) is 60.3 Å². The van der Waals surface area contributed by atoms with Gasteiger partial charge in [0.05, 0.1) is 10.8 Å². The molecule has 110 valence electrons. The third-order valence-corrected chi connectivity index (χ3v) is 4.61. The van der Waals surface area contributed by atoms with Gasteiger partial charge in [0.1, 0.15) is 0 Å². The van der Waals surface area contributed by atoms with Gasteiger partial charge in [0, 0.05) is 24.2 Å². The van der Waals surface area contributed by atoms with E-state index in [4.69, 9.17) is 0 Å². The van der Waals surface area contributed by atoms with Crippen molar-refractivity contribution in [2.24, 2.45) is 0 Å². The molecule has 1 N–H and O–H groups in total. The lowest BCUT2D eigenvalue weighted by molar-refractivity contribution is -0.118. The number of benzene rings is 1. The number of rotatable bonds is 8. The molecular formula is C16H18N2OS2. The summed E-state index contributed by atoms with van der Waals surface area (Å²) in [5.74, 6) is 2.31. The molecule has 0 unspecified atom stereocenters. The predicted octanol–water partition coefficient (Wildman–Crippen LogP) is 3.22. The topological polar surface area (TPSA) is 42.0 Å². The van der Waals surface area contributed by atoms with Gasteiger partial charge >= 0.3 is 0 Å². The molecule has 0 saturated carbocycles. The molecule has 0 spiro atoms. The van der Waals surface area contributed by atoms with Crippen molar-refractivity contribution in [2.45, 2.75) is 10.8 Å². The maximum absolute atomic E-state index is 11.7. The first kappa shape index (κ1) is 15.9. The molecule has 5 heteroatoms. The van der Waals surface area contributed by atoms with Crippen LogP contribution in [-0.2, 0) is 10.5 Å². The SMILES string of the molecule is O=C(CSCc1ccccc1)NCCSc1ccccn1. The number of nitrogens with one attached hydrogen (secondary N) is 1. The van der Waals surface area contributed by atoms with Crippen LogP contribution in [0.2, 0.25) is 0 Å². The second kappa shape index (κ2) is 9.47. The fourth-order valence-electron chi connectivity index (χ4n) is 1.67. The summed E-state index contributed by atoms with van der Waals surface area (Å²) >= 11 is 3.29. The van der Waals surface area contributed by atoms with Crippen molar-refractivity contribution in [1.29, 1.82) is 0 Å². The zero-order chi connectivity index (χ0) is 14.8. The van der Waals surface area contributed by atoms with Crippen LogP contribution in [-0.4, -0.2) is 28.9 Å². The number of pyridine rings is 1. The molecule has 1 aromatic heterocycles. The van der Waals surface area contributed by atoms with Crippen molar-refractivity contribution in [2.75, 3.05) is 18.1 Å². The Balaban J connectivity index is 1.54. The van der Waals surface area contributed by atoms with E-state index in [1.807, 2.05) is 36.4 Å². The van der Waals surface area contributed by atoms with Gasteiger partial charge in [0.2, 0.25) is 5.91 Å². The van der Waals surface area contributed by atoms with E-state index in [-0.39, 0.29) is 5.91 Å². The van der Waals surface area contributed by atoms with Crippen molar-refractivity contribution in [3.8, 4) is 0 Å². The summed E-state index contributed by atoms with van der Waals surface area (Å²) in [5.41, 5.74) is 1.25. The van der Waals surface area contributed by atoms with Crippen molar-refractivity contribution < 1.29 is 4.79 Å². The highest BCUT2D eigenvalue weighted by atomic mass is 32.2. The minimum absolute atomic E-state index is 0.0950. The average molecular weight is 318 g/mol. The van der Waals surface area contributed by atoms with Crippen LogP contribution in [0.15, 0.2) is 59.8 Å². The van der Waals surface area contributed by atoms with Gasteiger partial charge in [0.15, 0.2) is 0 Å². The quantitative estimate of drug-likeness (QED) is 0.599. The fourth-order valence-corrected chi connectivity index (χ4v) is 3.21. The first-order valence-electron chi connectivity index (χ1n) is 6.77. The minimum Gasteiger partial charge on any atom is -0.355 e. The Kier molecular flexibility index (Phi) is 7.18. The summed E-state index contributed by atoms with van der Waals surface area (Å²) < 4.78 is 0. The lowest BCUT2D eigenvalue weighted by Gasteiger charge is -2.05. The van der Waals surface area contributed by atoms with E-state index < -0.39 is 0 Å². The van der Waals surface area contributed by atoms with Crippen LogP contribution in [0, 0.1) is 0 Å². The highest BCUT2D eigenvalue weighted by Gasteiger charge is 2.02. The third kappa shape index (κ3) is 6.69. The smallest absolute Gasteiger partial charge is 0.230 e. The lowest BCUT2D eigenvalue weighted by atomic mass is 10.2. The highest BCUT2D eigenvalue weighted by molar-refractivity contribution is 7.99. The number of amides is 1. The van der Waals surface area contributed by atoms with Gasteiger partial charge in [-0.05, 0) is 17.7 Å². The molecule has 0 bridgehead atoms. The molecule has 0 aliphatic rings. The van der Waals surface area contributed by atoms with Crippen molar-refractivity contribution >= 4 is 29.4 Å². The Morgan fingerprint density at radius 1 is 1.10 bits per heavy atom. The highest BCUT2D eigenvalue weighted by Crippen LogP contribution is 2.13. The van der Waals surface area contributed by atoms with E-state index in [0.29, 0.717) is 12.3 Å². The van der Waals surface area contributed by atoms with E-state index in [9.17, 15) is 4.79 Å². The average Bonchev–Trinajstić information content (AvgIpc) is 2.54. The molecule has 0 aliphatic heterocycles. The molecule has 21 heavy (non-hydrogen) atoms. The number of hydrogen-bond acceptors (Lipinski definition) is 4. The van der Waals surface area contributed by atoms with Crippen LogP contribution in [0.25, 0.3) is 0 Å². The number of hydrogen-bond donors (Lipinski definition) is 1. The van der Waals surface area contributed by atoms with Crippen LogP contribution in [0.3, 0.4) is 0 Å². The van der Waals surface area contributed by atoms with Crippen LogP contribution in [0.5, 0.6) is 0 Å². The number of thioether (sulfide) groups is 2. The Morgan fingerprint density at radius 2 is 1.90 bits per heavy atom. The van der Waals surface area contributed by atoms with E-state index in [1.165, 1.54) is 5.56 Å². The van der Waals surface area contributed by atoms with E-state index in [2.05, 4.69) is 22.4 Å². The van der Waals surface area contributed by atoms with Gasteiger partial charge in [-0.2, -0.15) is 0 Å². The number of aromatic nitrogens is 1. The molecular weight excluding hydrogens is 300 g/mol. The molecule has 0 atom stereocenters. The Morgan fingerprint density at radius 3 is 2.67 bits per heavy atom. The third-order valence-electron chi connectivity index (χ3n) is 2.66. The molecule has 2 rings (SSSR count). The van der Waals surface area contributed by atoms with Crippen LogP contribution in [0.1, 0.15) is 5.56 Å². The zero-order valence-corrected chi connectivity index (χ0v) is 13.3. The second-order valence-corrected chi connectivity index (χ2v) is 6.45. The summed E-state index contributed by atoms with van der Waals surface area (Å²) in [6, 6.07) is 16.0. The van der Waals surface area contributed by atoms with Crippen LogP contribution in [0.4, 0.5) is 0 Å². The molecule has 1 heterocycles. The molecule has 0 saturated heterocycles. The number of carbonyl (C=O) groups is 1. The summed E-state index contributed by atoms with van der Waals surface area (Å²) in [5, 5.41) is 3.92. The molecule has 0 radical (unpaired) electrons. The molecule has 0 aliphatic carbocycles. The van der Waals surface area contributed by atoms with E-state index >= 15 is 0 Å². The van der Waals surface area contributed by atoms with Gasteiger partial charge < -0.3 is 5.32 Å². The predicted molar refractivity (Wildman–Crippen MR) is 90.6 cm³/mol. The number of carbonyl (C=O) groups excluding carboxylic acids is 1. The fraction of sp³-hybridized carbons (Fsp3) is 0.250. The van der Waals surface area contributed by atoms with Gasteiger partial charge in [-0.15, -0.1) is 23.5 Å². The maximum Gasteiger partial charge on any atom is 0.230 e. The number of nitrogens with zero attached hydrogens (tertiary/aromatic N) is 1. The van der Waals surface area contributed by atoms with Gasteiger partial charge in [-0.1, -0.05) is 36.4 Å². The second-order valence-electron chi connectivity index (χ2n) is 4.34. The van der Waals surface area contributed by atoms with E-state index in [1.54, 1.807) is 29.7 Å². The zero-order valence-electron chi connectivity index (χ0n) is 11.7. The summed E-state index contributed by atoms with van der Waals surface area (Å²) in [7, 11) is 0. The first-order valence-corrected chi connectivity index (χ1v) is 8.91. The maximum atomic E-state index is 11.7. The Hall–Kier alpha value is -1.46. The molecule has 3 nitrogen and oxygen atoms in total. The van der Waals surface area contributed by atoms with Gasteiger partial charge in [-0.3, -0.25) is 4.79 Å². The molecule has 1 amide bonds. The summed E-state index contributed by atoms with van der Waals surface area (Å²) in [6.45, 7) is 0.673. The molecule has 2 aromatic rings. The lowest BCUT2D eigenvalue weighted by Crippen LogP contribution is -2.27. The Labute approximate surface area is 133 Å². The van der Waals surface area contributed by atoms with Crippen LogP contribution < -0.4 is 5.32 Å². The molecule has 0 fully saturated rings. The standard InChI is InChI=1S/C16H18N2OS2/c19-15(13-20-12-14-6-2-1-3-7-14)17-10-11-21-16-8-4-5-9-18-16/h1-9H,10-13H2,(H,17,19). The summed E-state index contributed by atoms with van der Waals surface area (Å²) in [4.78, 5) is 15.9. The summed E-state index contributed by atoms with van der Waals surface area (Å²) in [6.07, 6.45) is 1.78. The van der Waals surface area contributed by atoms with Crippen molar-refractivity contribution in [3.63, 3.8) is 0 Å². The minimum atomic E-state index is 0.0950.